The molecule has 8 heteroatoms. The Hall–Kier alpha value is -2.58. The van der Waals surface area contributed by atoms with Crippen LogP contribution in [0.3, 0.4) is 0 Å². The average Bonchev–Trinajstić information content (AvgIpc) is 2.82. The third-order valence-corrected chi connectivity index (χ3v) is 6.71. The second-order valence-electron chi connectivity index (χ2n) is 10.4. The number of ether oxygens (including phenoxy) is 1. The molecule has 2 saturated heterocycles. The fraction of sp³-hybridized carbons (Fsp3) is 0.556. The molecule has 190 valence electrons. The zero-order valence-electron chi connectivity index (χ0n) is 20.6. The quantitative estimate of drug-likeness (QED) is 0.630. The number of rotatable bonds is 7. The number of piperidine rings is 2. The number of alkyl halides is 1. The number of benzene rings is 1. The van der Waals surface area contributed by atoms with Crippen molar-refractivity contribution in [3.05, 3.63) is 47.9 Å². The van der Waals surface area contributed by atoms with E-state index in [2.05, 4.69) is 9.88 Å². The van der Waals surface area contributed by atoms with Crippen LogP contribution in [-0.2, 0) is 0 Å². The summed E-state index contributed by atoms with van der Waals surface area (Å²) in [4.78, 5) is 20.7. The number of nitrogens with zero attached hydrogens (tertiary/aromatic N) is 3. The van der Waals surface area contributed by atoms with E-state index in [1.54, 1.807) is 32.2 Å². The van der Waals surface area contributed by atoms with E-state index in [0.29, 0.717) is 55.5 Å². The minimum absolute atomic E-state index is 0.00364. The lowest BCUT2D eigenvalue weighted by Gasteiger charge is -2.34. The number of β-amino-alcohol motifs (C(OH)–C–C–N with tert-alkyl or cyclic N) is 1. The Morgan fingerprint density at radius 3 is 2.57 bits per heavy atom. The van der Waals surface area contributed by atoms with Crippen molar-refractivity contribution in [2.24, 2.45) is 5.92 Å². The van der Waals surface area contributed by atoms with Crippen LogP contribution >= 0.6 is 0 Å². The summed E-state index contributed by atoms with van der Waals surface area (Å²) in [5, 5.41) is 9.80. The maximum absolute atomic E-state index is 14.8. The summed E-state index contributed by atoms with van der Waals surface area (Å²) in [5.41, 5.74) is -0.00555. The van der Waals surface area contributed by atoms with E-state index in [9.17, 15) is 18.7 Å². The van der Waals surface area contributed by atoms with Crippen LogP contribution < -0.4 is 4.74 Å². The third kappa shape index (κ3) is 6.98. The van der Waals surface area contributed by atoms with Gasteiger partial charge in [0.05, 0.1) is 30.2 Å². The van der Waals surface area contributed by atoms with E-state index >= 15 is 0 Å². The van der Waals surface area contributed by atoms with Gasteiger partial charge in [0.2, 0.25) is 0 Å². The fourth-order valence-electron chi connectivity index (χ4n) is 4.85. The predicted octanol–water partition coefficient (Wildman–Crippen LogP) is 4.32. The Bertz CT molecular complexity index is 1000. The van der Waals surface area contributed by atoms with Gasteiger partial charge in [0.25, 0.3) is 5.91 Å². The van der Waals surface area contributed by atoms with Gasteiger partial charge in [0.1, 0.15) is 17.2 Å². The van der Waals surface area contributed by atoms with Gasteiger partial charge >= 0.3 is 0 Å². The van der Waals surface area contributed by atoms with Gasteiger partial charge in [-0.2, -0.15) is 0 Å². The van der Waals surface area contributed by atoms with Crippen LogP contribution in [-0.4, -0.2) is 76.9 Å². The van der Waals surface area contributed by atoms with Crippen LogP contribution in [0.25, 0.3) is 11.3 Å². The number of pyridine rings is 1. The second kappa shape index (κ2) is 11.0. The standard InChI is InChI=1S/C27H35F2N3O3/c1-27(2,29)18-31-12-9-19(10-13-31)17-35-22-6-8-25(30-15-22)20-5-7-23(24(28)14-20)26(34)32-11-3-4-21(33)16-32/h5-8,14-15,19,21,33H,3-4,9-13,16-18H2,1-2H3/t21-/m0/s1. The van der Waals surface area contributed by atoms with Crippen LogP contribution in [0, 0.1) is 11.7 Å². The van der Waals surface area contributed by atoms with Crippen LogP contribution in [0.15, 0.2) is 36.5 Å². The minimum Gasteiger partial charge on any atom is -0.492 e. The molecule has 1 aromatic carbocycles. The smallest absolute Gasteiger partial charge is 0.256 e. The zero-order valence-corrected chi connectivity index (χ0v) is 20.6. The summed E-state index contributed by atoms with van der Waals surface area (Å²) in [6, 6.07) is 8.08. The molecule has 2 aromatic rings. The Kier molecular flexibility index (Phi) is 8.02. The van der Waals surface area contributed by atoms with E-state index in [-0.39, 0.29) is 12.1 Å². The topological polar surface area (TPSA) is 65.9 Å². The van der Waals surface area contributed by atoms with Crippen LogP contribution in [0.4, 0.5) is 8.78 Å². The average molecular weight is 488 g/mol. The number of carbonyl (C=O) groups is 1. The molecule has 1 aromatic heterocycles. The zero-order chi connectivity index (χ0) is 25.0. The highest BCUT2D eigenvalue weighted by atomic mass is 19.1. The third-order valence-electron chi connectivity index (χ3n) is 6.71. The summed E-state index contributed by atoms with van der Waals surface area (Å²) in [7, 11) is 0. The van der Waals surface area contributed by atoms with E-state index in [1.165, 1.54) is 17.0 Å². The number of amides is 1. The van der Waals surface area contributed by atoms with E-state index < -0.39 is 23.5 Å². The molecular formula is C27H35F2N3O3. The Labute approximate surface area is 205 Å². The van der Waals surface area contributed by atoms with Gasteiger partial charge in [0, 0.05) is 25.2 Å². The summed E-state index contributed by atoms with van der Waals surface area (Å²) >= 11 is 0. The second-order valence-corrected chi connectivity index (χ2v) is 10.4. The lowest BCUT2D eigenvalue weighted by atomic mass is 9.97. The van der Waals surface area contributed by atoms with Crippen LogP contribution in [0.5, 0.6) is 5.75 Å². The number of aliphatic hydroxyl groups excluding tert-OH is 1. The predicted molar refractivity (Wildman–Crippen MR) is 131 cm³/mol. The van der Waals surface area contributed by atoms with Crippen LogP contribution in [0.1, 0.15) is 49.9 Å². The molecule has 0 unspecified atom stereocenters. The molecule has 0 radical (unpaired) electrons. The van der Waals surface area contributed by atoms with Crippen molar-refractivity contribution in [1.29, 1.82) is 0 Å². The van der Waals surface area contributed by atoms with Crippen molar-refractivity contribution >= 4 is 5.91 Å². The summed E-state index contributed by atoms with van der Waals surface area (Å²) in [6.07, 6.45) is 4.39. The molecule has 35 heavy (non-hydrogen) atoms. The highest BCUT2D eigenvalue weighted by molar-refractivity contribution is 5.95. The SMILES string of the molecule is CC(C)(F)CN1CCC(COc2ccc(-c3ccc(C(=O)N4CCC[C@H](O)C4)c(F)c3)nc2)CC1. The molecule has 0 saturated carbocycles. The van der Waals surface area contributed by atoms with Gasteiger partial charge in [-0.3, -0.25) is 9.78 Å². The maximum Gasteiger partial charge on any atom is 0.256 e. The Morgan fingerprint density at radius 1 is 1.17 bits per heavy atom. The normalized spacial score (nSPS) is 20.1. The van der Waals surface area contributed by atoms with Crippen molar-refractivity contribution in [2.45, 2.75) is 51.3 Å². The highest BCUT2D eigenvalue weighted by Gasteiger charge is 2.26. The van der Waals surface area contributed by atoms with E-state index in [0.717, 1.165) is 25.9 Å². The Morgan fingerprint density at radius 2 is 1.94 bits per heavy atom. The molecule has 1 amide bonds. The number of halogens is 2. The molecular weight excluding hydrogens is 452 g/mol. The molecule has 0 bridgehead atoms. The van der Waals surface area contributed by atoms with Gasteiger partial charge in [-0.25, -0.2) is 8.78 Å². The number of aromatic nitrogens is 1. The molecule has 2 aliphatic heterocycles. The number of likely N-dealkylation sites (tertiary alicyclic amines) is 2. The molecule has 0 aliphatic carbocycles. The molecule has 0 spiro atoms. The van der Waals surface area contributed by atoms with Crippen molar-refractivity contribution in [3.8, 4) is 17.0 Å². The first-order chi connectivity index (χ1) is 16.7. The van der Waals surface area contributed by atoms with Gasteiger partial charge in [0.15, 0.2) is 0 Å². The van der Waals surface area contributed by atoms with Gasteiger partial charge in [-0.1, -0.05) is 6.07 Å². The number of carbonyl (C=O) groups excluding carboxylic acids is 1. The lowest BCUT2D eigenvalue weighted by molar-refractivity contribution is 0.0470. The molecule has 2 fully saturated rings. The first-order valence-electron chi connectivity index (χ1n) is 12.5. The summed E-state index contributed by atoms with van der Waals surface area (Å²) in [5.74, 6) is 0.0757. The van der Waals surface area contributed by atoms with E-state index in [4.69, 9.17) is 4.74 Å². The first-order valence-corrected chi connectivity index (χ1v) is 12.5. The van der Waals surface area contributed by atoms with Crippen molar-refractivity contribution in [1.82, 2.24) is 14.8 Å². The Balaban J connectivity index is 1.30. The van der Waals surface area contributed by atoms with Crippen molar-refractivity contribution < 1.29 is 23.4 Å². The summed E-state index contributed by atoms with van der Waals surface area (Å²) in [6.45, 7) is 6.79. The van der Waals surface area contributed by atoms with Crippen LogP contribution in [0.2, 0.25) is 0 Å². The monoisotopic (exact) mass is 487 g/mol. The number of aliphatic hydroxyl groups is 1. The summed E-state index contributed by atoms with van der Waals surface area (Å²) < 4.78 is 34.5. The highest BCUT2D eigenvalue weighted by Crippen LogP contribution is 2.25. The van der Waals surface area contributed by atoms with Gasteiger partial charge in [-0.15, -0.1) is 0 Å². The molecule has 2 aliphatic rings. The van der Waals surface area contributed by atoms with Gasteiger partial charge in [-0.05, 0) is 82.8 Å². The molecule has 1 N–H and O–H groups in total. The molecule has 3 heterocycles. The minimum atomic E-state index is -1.17. The molecule has 6 nitrogen and oxygen atoms in total. The van der Waals surface area contributed by atoms with Gasteiger partial charge < -0.3 is 19.6 Å². The van der Waals surface area contributed by atoms with Crippen molar-refractivity contribution in [2.75, 3.05) is 39.3 Å². The first kappa shape index (κ1) is 25.5. The molecule has 1 atom stereocenters. The van der Waals surface area contributed by atoms with Crippen molar-refractivity contribution in [3.63, 3.8) is 0 Å². The largest absolute Gasteiger partial charge is 0.492 e. The number of hydrogen-bond donors (Lipinski definition) is 1. The lowest BCUT2D eigenvalue weighted by Crippen LogP contribution is -2.42. The molecule has 4 rings (SSSR count). The maximum atomic E-state index is 14.8. The number of hydrogen-bond acceptors (Lipinski definition) is 5. The van der Waals surface area contributed by atoms with E-state index in [1.807, 2.05) is 6.07 Å². The fourth-order valence-corrected chi connectivity index (χ4v) is 4.85.